The van der Waals surface area contributed by atoms with E-state index in [0.717, 1.165) is 38.5 Å². The molecule has 0 bridgehead atoms. The van der Waals surface area contributed by atoms with Crippen LogP contribution < -0.4 is 5.32 Å². The third-order valence-corrected chi connectivity index (χ3v) is 16.0. The molecule has 75 heavy (non-hydrogen) atoms. The molecule has 0 heterocycles. The Labute approximate surface area is 469 Å². The number of nitrogens with one attached hydrogen (secondary N) is 1. The quantitative estimate of drug-likeness (QED) is 0.0320. The average molecular weight is 1060 g/mol. The van der Waals surface area contributed by atoms with Crippen LogP contribution in [0.3, 0.4) is 0 Å². The molecule has 1 amide bonds. The summed E-state index contributed by atoms with van der Waals surface area (Å²) in [4.78, 5) is 24.5. The van der Waals surface area contributed by atoms with Crippen LogP contribution in [-0.4, -0.2) is 47.4 Å². The highest BCUT2D eigenvalue weighted by atomic mass is 16.5. The van der Waals surface area contributed by atoms with Crippen molar-refractivity contribution in [2.75, 3.05) is 13.2 Å². The van der Waals surface area contributed by atoms with Crippen LogP contribution in [0.2, 0.25) is 0 Å². The van der Waals surface area contributed by atoms with Crippen molar-refractivity contribution in [3.63, 3.8) is 0 Å². The predicted molar refractivity (Wildman–Crippen MR) is 329 cm³/mol. The van der Waals surface area contributed by atoms with Gasteiger partial charge < -0.3 is 20.3 Å². The van der Waals surface area contributed by atoms with E-state index in [1.165, 1.54) is 315 Å². The molecule has 0 aromatic heterocycles. The minimum Gasteiger partial charge on any atom is -0.466 e. The van der Waals surface area contributed by atoms with Crippen LogP contribution in [-0.2, 0) is 14.3 Å². The molecular formula is C69H133NO5. The van der Waals surface area contributed by atoms with Gasteiger partial charge >= 0.3 is 5.97 Å². The molecule has 0 saturated heterocycles. The molecule has 2 unspecified atom stereocenters. The summed E-state index contributed by atoms with van der Waals surface area (Å²) in [6, 6.07) is -0.625. The second-order valence-corrected chi connectivity index (χ2v) is 23.5. The highest BCUT2D eigenvalue weighted by molar-refractivity contribution is 5.76. The normalized spacial score (nSPS) is 12.6. The lowest BCUT2D eigenvalue weighted by molar-refractivity contribution is -0.143. The number of rotatable bonds is 64. The Kier molecular flexibility index (Phi) is 63.4. The Hall–Kier alpha value is -1.66. The Morgan fingerprint density at radius 2 is 0.627 bits per heavy atom. The summed E-state index contributed by atoms with van der Waals surface area (Å²) in [5.41, 5.74) is 0. The molecule has 444 valence electrons. The molecular weight excluding hydrogens is 923 g/mol. The van der Waals surface area contributed by atoms with Crippen molar-refractivity contribution in [2.45, 2.75) is 392 Å². The second kappa shape index (κ2) is 64.9. The lowest BCUT2D eigenvalue weighted by Gasteiger charge is -2.20. The highest BCUT2D eigenvalue weighted by Gasteiger charge is 2.18. The SMILES string of the molecule is CCCCCCCCCCCCC/C=C/C(O)C(CO)NC(=O)CCCCCCCCCCCCCCCCC/C=C\CCCCCCCCCCCCCCOC(=O)CCCCCCCCCCCCCCCC. The van der Waals surface area contributed by atoms with Gasteiger partial charge in [0, 0.05) is 12.8 Å². The monoisotopic (exact) mass is 1060 g/mol. The number of aliphatic hydroxyl groups is 2. The largest absolute Gasteiger partial charge is 0.466 e. The van der Waals surface area contributed by atoms with Crippen molar-refractivity contribution >= 4 is 11.9 Å². The van der Waals surface area contributed by atoms with Crippen molar-refractivity contribution in [3.8, 4) is 0 Å². The number of allylic oxidation sites excluding steroid dienone is 3. The molecule has 0 aliphatic heterocycles. The minimum atomic E-state index is -0.842. The summed E-state index contributed by atoms with van der Waals surface area (Å²) in [6.45, 7) is 4.93. The van der Waals surface area contributed by atoms with Crippen molar-refractivity contribution in [1.29, 1.82) is 0 Å². The maximum atomic E-state index is 12.5. The summed E-state index contributed by atoms with van der Waals surface area (Å²) in [5, 5.41) is 23.1. The molecule has 0 rings (SSSR count). The van der Waals surface area contributed by atoms with Gasteiger partial charge in [0.05, 0.1) is 25.4 Å². The Balaban J connectivity index is 3.35. The molecule has 0 aliphatic carbocycles. The first-order valence-corrected chi connectivity index (χ1v) is 34.1. The van der Waals surface area contributed by atoms with Crippen LogP contribution in [0.25, 0.3) is 0 Å². The first-order valence-electron chi connectivity index (χ1n) is 34.1. The molecule has 0 spiro atoms. The second-order valence-electron chi connectivity index (χ2n) is 23.5. The van der Waals surface area contributed by atoms with Crippen molar-refractivity contribution in [2.24, 2.45) is 0 Å². The van der Waals surface area contributed by atoms with E-state index in [1.54, 1.807) is 6.08 Å². The van der Waals surface area contributed by atoms with Gasteiger partial charge in [-0.15, -0.1) is 0 Å². The van der Waals surface area contributed by atoms with Gasteiger partial charge in [0.1, 0.15) is 0 Å². The Bertz CT molecular complexity index is 1170. The summed E-state index contributed by atoms with van der Waals surface area (Å²) in [6.07, 6.45) is 81.1. The van der Waals surface area contributed by atoms with Crippen molar-refractivity contribution in [3.05, 3.63) is 24.3 Å². The van der Waals surface area contributed by atoms with Crippen LogP contribution in [0.4, 0.5) is 0 Å². The molecule has 0 aromatic carbocycles. The standard InChI is InChI=1S/C69H133NO5/c1-3-5-7-9-11-13-15-17-39-43-47-51-55-59-63-69(74)75-64-60-56-52-48-44-40-36-34-32-30-28-26-24-22-20-18-19-21-23-25-27-29-31-33-35-38-42-46-50-54-58-62-68(73)70-66(65-71)67(72)61-57-53-49-45-41-37-16-14-12-10-8-6-4-2/h20,22,57,61,66-67,71-72H,3-19,21,23-56,58-60,62-65H2,1-2H3,(H,70,73)/b22-20-,61-57+. The average Bonchev–Trinajstić information content (AvgIpc) is 3.41. The number of hydrogen-bond acceptors (Lipinski definition) is 5. The molecule has 0 radical (unpaired) electrons. The van der Waals surface area contributed by atoms with Gasteiger partial charge in [0.2, 0.25) is 5.91 Å². The fourth-order valence-electron chi connectivity index (χ4n) is 10.7. The summed E-state index contributed by atoms with van der Waals surface area (Å²) in [7, 11) is 0. The molecule has 0 fully saturated rings. The van der Waals surface area contributed by atoms with Gasteiger partial charge in [-0.25, -0.2) is 0 Å². The van der Waals surface area contributed by atoms with Gasteiger partial charge in [-0.3, -0.25) is 9.59 Å². The maximum Gasteiger partial charge on any atom is 0.305 e. The third-order valence-electron chi connectivity index (χ3n) is 16.0. The van der Waals surface area contributed by atoms with E-state index in [0.29, 0.717) is 19.4 Å². The number of hydrogen-bond donors (Lipinski definition) is 3. The fourth-order valence-corrected chi connectivity index (χ4v) is 10.7. The van der Waals surface area contributed by atoms with Crippen molar-refractivity contribution < 1.29 is 24.5 Å². The topological polar surface area (TPSA) is 95.9 Å². The highest BCUT2D eigenvalue weighted by Crippen LogP contribution is 2.18. The molecule has 3 N–H and O–H groups in total. The number of ether oxygens (including phenoxy) is 1. The minimum absolute atomic E-state index is 0.0201. The first-order chi connectivity index (χ1) is 37.0. The summed E-state index contributed by atoms with van der Waals surface area (Å²) < 4.78 is 5.49. The molecule has 2 atom stereocenters. The first kappa shape index (κ1) is 73.3. The van der Waals surface area contributed by atoms with E-state index >= 15 is 0 Å². The van der Waals surface area contributed by atoms with Crippen LogP contribution >= 0.6 is 0 Å². The number of esters is 1. The zero-order chi connectivity index (χ0) is 54.3. The van der Waals surface area contributed by atoms with Crippen LogP contribution in [0.5, 0.6) is 0 Å². The third kappa shape index (κ3) is 61.4. The van der Waals surface area contributed by atoms with Crippen LogP contribution in [0, 0.1) is 0 Å². The van der Waals surface area contributed by atoms with Crippen LogP contribution in [0.1, 0.15) is 380 Å². The smallest absolute Gasteiger partial charge is 0.305 e. The number of amides is 1. The maximum absolute atomic E-state index is 12.5. The van der Waals surface area contributed by atoms with E-state index < -0.39 is 12.1 Å². The zero-order valence-corrected chi connectivity index (χ0v) is 50.8. The summed E-state index contributed by atoms with van der Waals surface area (Å²) in [5.74, 6) is -0.0444. The molecule has 0 saturated carbocycles. The number of unbranched alkanes of at least 4 members (excludes halogenated alkanes) is 51. The van der Waals surface area contributed by atoms with E-state index in [-0.39, 0.29) is 18.5 Å². The van der Waals surface area contributed by atoms with Gasteiger partial charge in [0.15, 0.2) is 0 Å². The van der Waals surface area contributed by atoms with Crippen LogP contribution in [0.15, 0.2) is 24.3 Å². The number of carbonyl (C=O) groups is 2. The Morgan fingerprint density at radius 3 is 0.947 bits per heavy atom. The summed E-state index contributed by atoms with van der Waals surface area (Å²) >= 11 is 0. The van der Waals surface area contributed by atoms with E-state index in [4.69, 9.17) is 4.74 Å². The zero-order valence-electron chi connectivity index (χ0n) is 50.8. The fraction of sp³-hybridized carbons (Fsp3) is 0.913. The molecule has 0 aliphatic rings. The van der Waals surface area contributed by atoms with Gasteiger partial charge in [0.25, 0.3) is 0 Å². The molecule has 6 nitrogen and oxygen atoms in total. The lowest BCUT2D eigenvalue weighted by atomic mass is 10.0. The van der Waals surface area contributed by atoms with E-state index in [1.807, 2.05) is 6.08 Å². The van der Waals surface area contributed by atoms with Gasteiger partial charge in [-0.05, 0) is 57.8 Å². The van der Waals surface area contributed by atoms with E-state index in [9.17, 15) is 19.8 Å². The van der Waals surface area contributed by atoms with Gasteiger partial charge in [-0.2, -0.15) is 0 Å². The van der Waals surface area contributed by atoms with E-state index in [2.05, 4.69) is 31.3 Å². The van der Waals surface area contributed by atoms with Crippen molar-refractivity contribution in [1.82, 2.24) is 5.32 Å². The predicted octanol–water partition coefficient (Wildman–Crippen LogP) is 21.8. The molecule has 6 heteroatoms. The number of carbonyl (C=O) groups excluding carboxylic acids is 2. The van der Waals surface area contributed by atoms with Gasteiger partial charge in [-0.1, -0.05) is 334 Å². The molecule has 0 aromatic rings. The number of aliphatic hydroxyl groups excluding tert-OH is 2. The Morgan fingerprint density at radius 1 is 0.360 bits per heavy atom. The lowest BCUT2D eigenvalue weighted by Crippen LogP contribution is -2.45.